The van der Waals surface area contributed by atoms with Crippen molar-refractivity contribution >= 4 is 33.7 Å². The van der Waals surface area contributed by atoms with Gasteiger partial charge in [0.1, 0.15) is 23.6 Å². The van der Waals surface area contributed by atoms with Gasteiger partial charge in [0.05, 0.1) is 48.7 Å². The maximum atomic E-state index is 11.9. The number of nitrogens with zero attached hydrogens (tertiary/aromatic N) is 6. The highest BCUT2D eigenvalue weighted by molar-refractivity contribution is 5.98. The van der Waals surface area contributed by atoms with Crippen LogP contribution in [-0.2, 0) is 17.8 Å². The molecule has 1 aliphatic heterocycles. The lowest BCUT2D eigenvalue weighted by Crippen LogP contribution is -2.34. The molecule has 5 heterocycles. The Morgan fingerprint density at radius 2 is 1.93 bits per heavy atom. The number of hydrogen-bond acceptors (Lipinski definition) is 8. The van der Waals surface area contributed by atoms with E-state index in [1.165, 1.54) is 11.9 Å². The Morgan fingerprint density at radius 1 is 1.09 bits per heavy atom. The number of amides is 1. The molecule has 0 atom stereocenters. The molecule has 11 heteroatoms. The van der Waals surface area contributed by atoms with Gasteiger partial charge in [-0.05, 0) is 43.2 Å². The van der Waals surface area contributed by atoms with Crippen LogP contribution < -0.4 is 16.2 Å². The van der Waals surface area contributed by atoms with E-state index in [2.05, 4.69) is 14.9 Å². The molecule has 0 unspecified atom stereocenters. The Bertz CT molecular complexity index is 1930. The summed E-state index contributed by atoms with van der Waals surface area (Å²) < 4.78 is 15.2. The minimum Gasteiger partial charge on any atom is -0.495 e. The van der Waals surface area contributed by atoms with Crippen molar-refractivity contribution in [2.45, 2.75) is 31.8 Å². The van der Waals surface area contributed by atoms with Gasteiger partial charge < -0.3 is 25.2 Å². The molecule has 1 aliphatic rings. The summed E-state index contributed by atoms with van der Waals surface area (Å²) in [6.45, 7) is 2.75. The zero-order valence-corrected chi connectivity index (χ0v) is 23.8. The number of furan rings is 1. The fraction of sp³-hybridized carbons (Fsp3) is 0.250. The molecule has 0 aliphatic carbocycles. The largest absolute Gasteiger partial charge is 0.495 e. The second-order valence-electron chi connectivity index (χ2n) is 10.9. The van der Waals surface area contributed by atoms with Gasteiger partial charge >= 0.3 is 0 Å². The standard InChI is InChI=1S/C32H32N8O3/c1-42-27-15-22(6-7-26(27)39-24(16-28(33)41)14-21-4-2-3-5-25(21)39)30-29-31(34)35-19-36-32(29)40(37-30)23-8-11-38(12-9-23)17-20-10-13-43-18-20/h2-7,10,13-15,18-19,23H,8-9,11-12,16-17H2,1H3,(H2,33,41)(H2,34,35,36). The molecule has 4 aromatic heterocycles. The average Bonchev–Trinajstić information content (AvgIpc) is 3.75. The maximum Gasteiger partial charge on any atom is 0.223 e. The molecule has 218 valence electrons. The number of aromatic nitrogens is 5. The van der Waals surface area contributed by atoms with Crippen molar-refractivity contribution in [3.63, 3.8) is 0 Å². The summed E-state index contributed by atoms with van der Waals surface area (Å²) in [5, 5.41) is 6.83. The van der Waals surface area contributed by atoms with Crippen molar-refractivity contribution in [1.82, 2.24) is 29.2 Å². The Balaban J connectivity index is 1.27. The lowest BCUT2D eigenvalue weighted by Gasteiger charge is -2.31. The monoisotopic (exact) mass is 576 g/mol. The Hall–Kier alpha value is -5.16. The molecule has 43 heavy (non-hydrogen) atoms. The fourth-order valence-electron chi connectivity index (χ4n) is 6.23. The number of carbonyl (C=O) groups is 1. The number of para-hydroxylation sites is 1. The van der Waals surface area contributed by atoms with Crippen LogP contribution in [0.1, 0.15) is 30.1 Å². The number of hydrogen-bond donors (Lipinski definition) is 2. The molecule has 0 spiro atoms. The second kappa shape index (κ2) is 10.9. The lowest BCUT2D eigenvalue weighted by atomic mass is 10.0. The summed E-state index contributed by atoms with van der Waals surface area (Å²) in [5.41, 5.74) is 18.0. The van der Waals surface area contributed by atoms with E-state index < -0.39 is 5.91 Å². The van der Waals surface area contributed by atoms with E-state index in [4.69, 9.17) is 25.7 Å². The van der Waals surface area contributed by atoms with E-state index in [0.29, 0.717) is 17.3 Å². The van der Waals surface area contributed by atoms with E-state index in [9.17, 15) is 4.79 Å². The number of fused-ring (bicyclic) bond motifs is 2. The zero-order chi connectivity index (χ0) is 29.5. The van der Waals surface area contributed by atoms with Crippen LogP contribution in [0.4, 0.5) is 5.82 Å². The second-order valence-corrected chi connectivity index (χ2v) is 10.9. The zero-order valence-electron chi connectivity index (χ0n) is 23.8. The summed E-state index contributed by atoms with van der Waals surface area (Å²) in [7, 11) is 1.63. The Labute approximate surface area is 247 Å². The predicted molar refractivity (Wildman–Crippen MR) is 164 cm³/mol. The van der Waals surface area contributed by atoms with Crippen LogP contribution in [-0.4, -0.2) is 55.3 Å². The molecular weight excluding hydrogens is 544 g/mol. The number of benzene rings is 2. The molecule has 4 N–H and O–H groups in total. The molecule has 2 aromatic carbocycles. The quantitative estimate of drug-likeness (QED) is 0.270. The molecule has 1 amide bonds. The average molecular weight is 577 g/mol. The fourth-order valence-corrected chi connectivity index (χ4v) is 6.23. The number of ether oxygens (including phenoxy) is 1. The molecule has 0 bridgehead atoms. The summed E-state index contributed by atoms with van der Waals surface area (Å²) in [6.07, 6.45) is 6.98. The van der Waals surface area contributed by atoms with Crippen molar-refractivity contribution in [3.05, 3.63) is 84.7 Å². The first-order chi connectivity index (χ1) is 21.0. The van der Waals surface area contributed by atoms with Gasteiger partial charge in [-0.15, -0.1) is 0 Å². The normalized spacial score (nSPS) is 14.5. The number of primary amides is 1. The van der Waals surface area contributed by atoms with Gasteiger partial charge in [0.2, 0.25) is 5.91 Å². The SMILES string of the molecule is COc1cc(-c2nn(C3CCN(Cc4ccoc4)CC3)c3ncnc(N)c23)ccc1-n1c(CC(N)=O)cc2ccccc21. The van der Waals surface area contributed by atoms with Gasteiger partial charge in [0.25, 0.3) is 0 Å². The number of methoxy groups -OCH3 is 1. The Kier molecular flexibility index (Phi) is 6.78. The number of nitrogen functional groups attached to an aromatic ring is 1. The minimum atomic E-state index is -0.403. The van der Waals surface area contributed by atoms with Crippen molar-refractivity contribution in [3.8, 4) is 22.7 Å². The van der Waals surface area contributed by atoms with Crippen molar-refractivity contribution in [2.24, 2.45) is 5.73 Å². The first kappa shape index (κ1) is 26.7. The van der Waals surface area contributed by atoms with Gasteiger partial charge in [-0.1, -0.05) is 24.3 Å². The van der Waals surface area contributed by atoms with E-state index >= 15 is 0 Å². The maximum absolute atomic E-state index is 11.9. The van der Waals surface area contributed by atoms with Crippen molar-refractivity contribution < 1.29 is 13.9 Å². The number of nitrogens with two attached hydrogens (primary N) is 2. The van der Waals surface area contributed by atoms with Gasteiger partial charge in [0, 0.05) is 41.8 Å². The molecule has 1 fully saturated rings. The van der Waals surface area contributed by atoms with Gasteiger partial charge in [-0.25, -0.2) is 14.6 Å². The van der Waals surface area contributed by atoms with E-state index in [1.54, 1.807) is 19.6 Å². The van der Waals surface area contributed by atoms with Crippen molar-refractivity contribution in [1.29, 1.82) is 0 Å². The van der Waals surface area contributed by atoms with E-state index in [-0.39, 0.29) is 12.5 Å². The summed E-state index contributed by atoms with van der Waals surface area (Å²) in [4.78, 5) is 23.3. The van der Waals surface area contributed by atoms with Crippen LogP contribution in [0, 0.1) is 0 Å². The highest BCUT2D eigenvalue weighted by atomic mass is 16.5. The molecule has 1 saturated heterocycles. The van der Waals surface area contributed by atoms with Crippen LogP contribution >= 0.6 is 0 Å². The molecular formula is C32H32N8O3. The third kappa shape index (κ3) is 4.87. The highest BCUT2D eigenvalue weighted by Crippen LogP contribution is 2.38. The van der Waals surface area contributed by atoms with Crippen LogP contribution in [0.15, 0.2) is 77.9 Å². The third-order valence-corrected chi connectivity index (χ3v) is 8.24. The smallest absolute Gasteiger partial charge is 0.223 e. The number of anilines is 1. The number of rotatable bonds is 8. The molecule has 11 nitrogen and oxygen atoms in total. The molecule has 7 rings (SSSR count). The van der Waals surface area contributed by atoms with Crippen LogP contribution in [0.25, 0.3) is 38.9 Å². The molecule has 6 aromatic rings. The summed E-state index contributed by atoms with van der Waals surface area (Å²) in [6, 6.07) is 18.1. The first-order valence-corrected chi connectivity index (χ1v) is 14.3. The van der Waals surface area contributed by atoms with Crippen LogP contribution in [0.3, 0.4) is 0 Å². The highest BCUT2D eigenvalue weighted by Gasteiger charge is 2.27. The molecule has 0 radical (unpaired) electrons. The number of piperidine rings is 1. The number of carbonyl (C=O) groups excluding carboxylic acids is 1. The third-order valence-electron chi connectivity index (χ3n) is 8.24. The summed E-state index contributed by atoms with van der Waals surface area (Å²) in [5.74, 6) is 0.599. The van der Waals surface area contributed by atoms with Crippen LogP contribution in [0.2, 0.25) is 0 Å². The van der Waals surface area contributed by atoms with Gasteiger partial charge in [-0.2, -0.15) is 5.10 Å². The topological polar surface area (TPSA) is 143 Å². The van der Waals surface area contributed by atoms with E-state index in [1.807, 2.05) is 63.8 Å². The van der Waals surface area contributed by atoms with E-state index in [0.717, 1.165) is 71.4 Å². The predicted octanol–water partition coefficient (Wildman–Crippen LogP) is 4.49. The van der Waals surface area contributed by atoms with Crippen LogP contribution in [0.5, 0.6) is 5.75 Å². The first-order valence-electron chi connectivity index (χ1n) is 14.3. The molecule has 0 saturated carbocycles. The lowest BCUT2D eigenvalue weighted by molar-refractivity contribution is -0.117. The summed E-state index contributed by atoms with van der Waals surface area (Å²) >= 11 is 0. The van der Waals surface area contributed by atoms with Gasteiger partial charge in [-0.3, -0.25) is 9.69 Å². The van der Waals surface area contributed by atoms with Gasteiger partial charge in [0.15, 0.2) is 5.65 Å². The van der Waals surface area contributed by atoms with Crippen molar-refractivity contribution in [2.75, 3.05) is 25.9 Å². The Morgan fingerprint density at radius 3 is 2.70 bits per heavy atom. The number of likely N-dealkylation sites (tertiary alicyclic amines) is 1. The minimum absolute atomic E-state index is 0.101.